The number of nitrogens with zero attached hydrogens (tertiary/aromatic N) is 3. The molecule has 2 aromatic rings. The Hall–Kier alpha value is -2.59. The van der Waals surface area contributed by atoms with Crippen molar-refractivity contribution in [1.29, 1.82) is 0 Å². The van der Waals surface area contributed by atoms with Crippen LogP contribution >= 0.6 is 11.6 Å². The molecule has 0 radical (unpaired) electrons. The summed E-state index contributed by atoms with van der Waals surface area (Å²) in [6, 6.07) is 15.9. The van der Waals surface area contributed by atoms with Crippen LogP contribution in [-0.4, -0.2) is 36.3 Å². The smallest absolute Gasteiger partial charge is 0.142 e. The van der Waals surface area contributed by atoms with Crippen LogP contribution < -0.4 is 4.74 Å². The minimum atomic E-state index is 0.647. The average Bonchev–Trinajstić information content (AvgIpc) is 3.05. The Kier molecular flexibility index (Phi) is 3.38. The zero-order chi connectivity index (χ0) is 16.8. The lowest BCUT2D eigenvalue weighted by Crippen LogP contribution is -2.38. The number of halogens is 1. The maximum absolute atomic E-state index is 6.06. The molecule has 0 unspecified atom stereocenters. The summed E-state index contributed by atoms with van der Waals surface area (Å²) in [5, 5.41) is 0.726. The number of ether oxygens (including phenoxy) is 1. The summed E-state index contributed by atoms with van der Waals surface area (Å²) in [6.45, 7) is 2.30. The average molecular weight is 350 g/mol. The number of benzene rings is 2. The molecule has 4 nitrogen and oxygen atoms in total. The number of para-hydroxylation sites is 1. The minimum Gasteiger partial charge on any atom is -0.493 e. The summed E-state index contributed by atoms with van der Waals surface area (Å²) in [5.41, 5.74) is 4.25. The van der Waals surface area contributed by atoms with Gasteiger partial charge in [0.1, 0.15) is 17.4 Å². The molecule has 2 aromatic carbocycles. The second kappa shape index (κ2) is 5.74. The van der Waals surface area contributed by atoms with Gasteiger partial charge in [0.15, 0.2) is 0 Å². The summed E-state index contributed by atoms with van der Waals surface area (Å²) in [5.74, 6) is 2.86. The van der Waals surface area contributed by atoms with Gasteiger partial charge in [-0.15, -0.1) is 0 Å². The molecule has 0 fully saturated rings. The van der Waals surface area contributed by atoms with E-state index in [1.54, 1.807) is 0 Å². The highest BCUT2D eigenvalue weighted by Gasteiger charge is 2.34. The molecule has 0 saturated heterocycles. The van der Waals surface area contributed by atoms with E-state index in [2.05, 4.69) is 11.0 Å². The highest BCUT2D eigenvalue weighted by molar-refractivity contribution is 6.30. The van der Waals surface area contributed by atoms with Crippen molar-refractivity contribution in [3.05, 3.63) is 70.3 Å². The fraction of sp³-hybridized carbons (Fsp3) is 0.200. The third kappa shape index (κ3) is 2.36. The van der Waals surface area contributed by atoms with Crippen molar-refractivity contribution in [1.82, 2.24) is 4.90 Å². The van der Waals surface area contributed by atoms with E-state index in [4.69, 9.17) is 26.3 Å². The molecule has 25 heavy (non-hydrogen) atoms. The first kappa shape index (κ1) is 14.7. The van der Waals surface area contributed by atoms with E-state index >= 15 is 0 Å². The van der Waals surface area contributed by atoms with E-state index in [9.17, 15) is 0 Å². The molecule has 0 aliphatic carbocycles. The highest BCUT2D eigenvalue weighted by atomic mass is 35.5. The van der Waals surface area contributed by atoms with E-state index in [1.807, 2.05) is 42.5 Å². The fourth-order valence-corrected chi connectivity index (χ4v) is 3.70. The molecule has 3 aliphatic heterocycles. The molecule has 0 aromatic heterocycles. The SMILES string of the molecule is Clc1ccc(C2=NC3=C(CCOc4ccccc43)C3=NCCN32)cc1. The first-order valence-corrected chi connectivity index (χ1v) is 8.81. The van der Waals surface area contributed by atoms with Crippen molar-refractivity contribution in [3.8, 4) is 5.75 Å². The molecular weight excluding hydrogens is 334 g/mol. The Morgan fingerprint density at radius 2 is 1.84 bits per heavy atom. The van der Waals surface area contributed by atoms with Crippen molar-refractivity contribution in [2.75, 3.05) is 19.7 Å². The zero-order valence-electron chi connectivity index (χ0n) is 13.6. The van der Waals surface area contributed by atoms with Gasteiger partial charge in [0.05, 0.1) is 18.8 Å². The van der Waals surface area contributed by atoms with E-state index in [0.717, 1.165) is 58.8 Å². The van der Waals surface area contributed by atoms with Crippen LogP contribution in [0, 0.1) is 0 Å². The van der Waals surface area contributed by atoms with Gasteiger partial charge in [-0.2, -0.15) is 0 Å². The third-order valence-electron chi connectivity index (χ3n) is 4.72. The Balaban J connectivity index is 1.73. The molecule has 5 rings (SSSR count). The topological polar surface area (TPSA) is 37.2 Å². The van der Waals surface area contributed by atoms with E-state index < -0.39 is 0 Å². The molecule has 0 spiro atoms. The second-order valence-corrected chi connectivity index (χ2v) is 6.66. The number of hydrogen-bond acceptors (Lipinski definition) is 4. The van der Waals surface area contributed by atoms with Crippen LogP contribution in [0.4, 0.5) is 0 Å². The summed E-state index contributed by atoms with van der Waals surface area (Å²) < 4.78 is 5.94. The molecule has 5 heteroatoms. The van der Waals surface area contributed by atoms with Gasteiger partial charge < -0.3 is 9.64 Å². The highest BCUT2D eigenvalue weighted by Crippen LogP contribution is 2.38. The molecule has 124 valence electrons. The van der Waals surface area contributed by atoms with Gasteiger partial charge in [0, 0.05) is 34.7 Å². The van der Waals surface area contributed by atoms with Crippen molar-refractivity contribution >= 4 is 29.0 Å². The van der Waals surface area contributed by atoms with Crippen LogP contribution in [0.5, 0.6) is 5.75 Å². The Morgan fingerprint density at radius 1 is 1.00 bits per heavy atom. The van der Waals surface area contributed by atoms with Crippen LogP contribution in [0.2, 0.25) is 5.02 Å². The maximum atomic E-state index is 6.06. The predicted molar refractivity (Wildman–Crippen MR) is 100 cm³/mol. The van der Waals surface area contributed by atoms with Gasteiger partial charge in [-0.3, -0.25) is 4.99 Å². The van der Waals surface area contributed by atoms with Gasteiger partial charge in [0.2, 0.25) is 0 Å². The monoisotopic (exact) mass is 349 g/mol. The van der Waals surface area contributed by atoms with Crippen molar-refractivity contribution in [2.45, 2.75) is 6.42 Å². The Morgan fingerprint density at radius 3 is 2.72 bits per heavy atom. The minimum absolute atomic E-state index is 0.647. The van der Waals surface area contributed by atoms with Crippen molar-refractivity contribution < 1.29 is 4.74 Å². The summed E-state index contributed by atoms with van der Waals surface area (Å²) in [4.78, 5) is 12.1. The number of hydrogen-bond donors (Lipinski definition) is 0. The number of rotatable bonds is 1. The zero-order valence-corrected chi connectivity index (χ0v) is 14.3. The second-order valence-electron chi connectivity index (χ2n) is 6.22. The van der Waals surface area contributed by atoms with E-state index in [-0.39, 0.29) is 0 Å². The standard InChI is InChI=1S/C20H16ClN3O/c21-14-7-5-13(6-8-14)19-23-18-15-3-1-2-4-17(15)25-12-9-16(18)20-22-10-11-24(19)20/h1-8H,9-12H2. The van der Waals surface area contributed by atoms with Gasteiger partial charge in [-0.25, -0.2) is 4.99 Å². The summed E-state index contributed by atoms with van der Waals surface area (Å²) >= 11 is 6.06. The van der Waals surface area contributed by atoms with Gasteiger partial charge in [-0.1, -0.05) is 23.7 Å². The largest absolute Gasteiger partial charge is 0.493 e. The molecule has 0 bridgehead atoms. The first-order chi connectivity index (χ1) is 12.3. The fourth-order valence-electron chi connectivity index (χ4n) is 3.57. The Labute approximate surface area is 151 Å². The quantitative estimate of drug-likeness (QED) is 0.780. The first-order valence-electron chi connectivity index (χ1n) is 8.43. The molecule has 3 aliphatic rings. The lowest BCUT2D eigenvalue weighted by atomic mass is 10.00. The normalized spacial score (nSPS) is 18.5. The van der Waals surface area contributed by atoms with Crippen LogP contribution in [0.15, 0.2) is 64.1 Å². The molecule has 0 N–H and O–H groups in total. The van der Waals surface area contributed by atoms with Gasteiger partial charge >= 0.3 is 0 Å². The van der Waals surface area contributed by atoms with Crippen LogP contribution in [0.25, 0.3) is 5.70 Å². The van der Waals surface area contributed by atoms with Gasteiger partial charge in [-0.05, 0) is 36.4 Å². The van der Waals surface area contributed by atoms with Crippen LogP contribution in [0.1, 0.15) is 17.5 Å². The summed E-state index contributed by atoms with van der Waals surface area (Å²) in [6.07, 6.45) is 0.816. The van der Waals surface area contributed by atoms with Crippen molar-refractivity contribution in [2.24, 2.45) is 9.98 Å². The molecule has 0 saturated carbocycles. The number of fused-ring (bicyclic) bond motifs is 4. The molecule has 3 heterocycles. The van der Waals surface area contributed by atoms with E-state index in [1.165, 1.54) is 5.57 Å². The predicted octanol–water partition coefficient (Wildman–Crippen LogP) is 4.01. The number of aliphatic imine (C=N–C) groups is 2. The molecule has 0 atom stereocenters. The summed E-state index contributed by atoms with van der Waals surface area (Å²) in [7, 11) is 0. The lowest BCUT2D eigenvalue weighted by molar-refractivity contribution is 0.325. The van der Waals surface area contributed by atoms with Gasteiger partial charge in [0.25, 0.3) is 0 Å². The molecular formula is C20H16ClN3O. The third-order valence-corrected chi connectivity index (χ3v) is 4.98. The van der Waals surface area contributed by atoms with Crippen LogP contribution in [-0.2, 0) is 0 Å². The van der Waals surface area contributed by atoms with Crippen LogP contribution in [0.3, 0.4) is 0 Å². The molecule has 0 amide bonds. The Bertz CT molecular complexity index is 944. The van der Waals surface area contributed by atoms with Crippen molar-refractivity contribution in [3.63, 3.8) is 0 Å². The maximum Gasteiger partial charge on any atom is 0.142 e. The lowest BCUT2D eigenvalue weighted by Gasteiger charge is -2.29. The van der Waals surface area contributed by atoms with E-state index in [0.29, 0.717) is 6.61 Å². The number of amidine groups is 2.